The Labute approximate surface area is 333 Å². The number of rotatable bonds is 14. The Hall–Kier alpha value is -6.94. The quantitative estimate of drug-likeness (QED) is 0.0868. The Kier molecular flexibility index (Phi) is 11.6. The van der Waals surface area contributed by atoms with Crippen LogP contribution in [0.25, 0.3) is 22.5 Å². The number of hydrogen-bond donors (Lipinski definition) is 1. The molecule has 286 valence electrons. The van der Waals surface area contributed by atoms with Crippen LogP contribution < -0.4 is 15.0 Å². The Bertz CT molecular complexity index is 2310. The van der Waals surface area contributed by atoms with Gasteiger partial charge in [0.1, 0.15) is 11.4 Å². The van der Waals surface area contributed by atoms with E-state index in [1.165, 1.54) is 24.3 Å². The number of aromatic nitrogens is 4. The van der Waals surface area contributed by atoms with Gasteiger partial charge in [0, 0.05) is 18.7 Å². The molecule has 0 atom stereocenters. The fourth-order valence-corrected chi connectivity index (χ4v) is 7.33. The molecule has 0 aliphatic carbocycles. The van der Waals surface area contributed by atoms with Crippen molar-refractivity contribution in [3.8, 4) is 28.3 Å². The molecule has 1 N–H and O–H groups in total. The fourth-order valence-electron chi connectivity index (χ4n) is 7.33. The van der Waals surface area contributed by atoms with Crippen molar-refractivity contribution < 1.29 is 9.53 Å². The predicted octanol–water partition coefficient (Wildman–Crippen LogP) is 11.0. The first-order valence-corrected chi connectivity index (χ1v) is 19.1. The van der Waals surface area contributed by atoms with E-state index in [0.717, 1.165) is 52.2 Å². The van der Waals surface area contributed by atoms with Gasteiger partial charge < -0.3 is 9.64 Å². The van der Waals surface area contributed by atoms with Crippen LogP contribution in [0.1, 0.15) is 44.4 Å². The number of nitrogens with zero attached hydrogens (tertiary/aromatic N) is 6. The molecular formula is C47H45N7O3. The number of anilines is 2. The summed E-state index contributed by atoms with van der Waals surface area (Å²) in [6.07, 6.45) is -0.661. The summed E-state index contributed by atoms with van der Waals surface area (Å²) in [6, 6.07) is 50.8. The van der Waals surface area contributed by atoms with E-state index in [-0.39, 0.29) is 11.4 Å². The lowest BCUT2D eigenvalue weighted by atomic mass is 9.77. The van der Waals surface area contributed by atoms with Crippen molar-refractivity contribution in [3.63, 3.8) is 0 Å². The summed E-state index contributed by atoms with van der Waals surface area (Å²) in [6.45, 7) is 10.3. The number of amides is 1. The van der Waals surface area contributed by atoms with Gasteiger partial charge in [0.2, 0.25) is 5.82 Å². The van der Waals surface area contributed by atoms with Crippen LogP contribution >= 0.6 is 0 Å². The van der Waals surface area contributed by atoms with E-state index >= 15 is 0 Å². The molecule has 1 amide bonds. The lowest BCUT2D eigenvalue weighted by Crippen LogP contribution is -2.39. The topological polar surface area (TPSA) is 115 Å². The van der Waals surface area contributed by atoms with Crippen LogP contribution in [0, 0.1) is 16.7 Å². The first kappa shape index (κ1) is 38.3. The molecule has 57 heavy (non-hydrogen) atoms. The summed E-state index contributed by atoms with van der Waals surface area (Å²) >= 11 is 0. The van der Waals surface area contributed by atoms with Crippen molar-refractivity contribution in [1.29, 1.82) is 0 Å². The molecule has 0 bridgehead atoms. The number of nitroso groups, excluding NO2 is 1. The monoisotopic (exact) mass is 755 g/mol. The maximum atomic E-state index is 13.5. The number of ether oxygens (including phenoxy) is 1. The molecule has 0 aliphatic rings. The lowest BCUT2D eigenvalue weighted by Gasteiger charge is -2.34. The summed E-state index contributed by atoms with van der Waals surface area (Å²) in [5.41, 5.74) is 6.23. The highest BCUT2D eigenvalue weighted by Gasteiger charge is 2.41. The minimum Gasteiger partial charge on any atom is -0.410 e. The largest absolute Gasteiger partial charge is 0.417 e. The van der Waals surface area contributed by atoms with Crippen LogP contribution in [0.5, 0.6) is 5.75 Å². The molecule has 0 aliphatic heterocycles. The maximum Gasteiger partial charge on any atom is 0.417 e. The van der Waals surface area contributed by atoms with E-state index in [9.17, 15) is 9.70 Å². The van der Waals surface area contributed by atoms with Gasteiger partial charge in [0.05, 0.1) is 11.4 Å². The van der Waals surface area contributed by atoms with Crippen molar-refractivity contribution in [2.75, 3.05) is 23.3 Å². The van der Waals surface area contributed by atoms with Gasteiger partial charge in [-0.1, -0.05) is 149 Å². The zero-order valence-electron chi connectivity index (χ0n) is 32.5. The first-order chi connectivity index (χ1) is 27.8. The van der Waals surface area contributed by atoms with E-state index in [4.69, 9.17) is 20.1 Å². The summed E-state index contributed by atoms with van der Waals surface area (Å²) in [5.74, 6) is 1.48. The van der Waals surface area contributed by atoms with Crippen LogP contribution in [0.2, 0.25) is 0 Å². The van der Waals surface area contributed by atoms with Gasteiger partial charge in [0.25, 0.3) is 0 Å². The highest BCUT2D eigenvalue weighted by Crippen LogP contribution is 2.41. The van der Waals surface area contributed by atoms with E-state index in [1.807, 2.05) is 91.0 Å². The summed E-state index contributed by atoms with van der Waals surface area (Å²) in [5, 5.41) is 20.7. The highest BCUT2D eigenvalue weighted by atomic mass is 16.6. The number of carbonyl (C=O) groups is 1. The van der Waals surface area contributed by atoms with Gasteiger partial charge in [0.15, 0.2) is 5.54 Å². The molecule has 7 aromatic rings. The number of hydrogen-bond acceptors (Lipinski definition) is 8. The Morgan fingerprint density at radius 3 is 1.75 bits per heavy atom. The van der Waals surface area contributed by atoms with Gasteiger partial charge in [-0.2, -0.15) is 0 Å². The molecule has 0 unspecified atom stereocenters. The first-order valence-electron chi connectivity index (χ1n) is 19.1. The zero-order valence-corrected chi connectivity index (χ0v) is 32.5. The van der Waals surface area contributed by atoms with Gasteiger partial charge in [-0.3, -0.25) is 5.32 Å². The van der Waals surface area contributed by atoms with Crippen molar-refractivity contribution in [1.82, 2.24) is 20.2 Å². The fraction of sp³-hybridized carbons (Fsp3) is 0.191. The molecule has 0 radical (unpaired) electrons. The van der Waals surface area contributed by atoms with Crippen molar-refractivity contribution >= 4 is 23.2 Å². The van der Waals surface area contributed by atoms with Crippen LogP contribution in [0.15, 0.2) is 163 Å². The molecular weight excluding hydrogens is 711 g/mol. The summed E-state index contributed by atoms with van der Waals surface area (Å²) in [7, 11) is 0. The minimum absolute atomic E-state index is 0.245. The van der Waals surface area contributed by atoms with Gasteiger partial charge in [-0.15, -0.1) is 19.9 Å². The number of benzene rings is 6. The third-order valence-corrected chi connectivity index (χ3v) is 9.66. The zero-order chi connectivity index (χ0) is 39.8. The van der Waals surface area contributed by atoms with Crippen LogP contribution in [0.3, 0.4) is 0 Å². The maximum absolute atomic E-state index is 13.5. The molecule has 0 fully saturated rings. The second-order valence-corrected chi connectivity index (χ2v) is 14.8. The number of carbonyl (C=O) groups excluding carboxylic acids is 1. The van der Waals surface area contributed by atoms with E-state index in [1.54, 1.807) is 4.80 Å². The molecule has 6 aromatic carbocycles. The normalized spacial score (nSPS) is 11.4. The smallest absolute Gasteiger partial charge is 0.410 e. The predicted molar refractivity (Wildman–Crippen MR) is 227 cm³/mol. The minimum atomic E-state index is -0.927. The average molecular weight is 756 g/mol. The van der Waals surface area contributed by atoms with Gasteiger partial charge in [-0.05, 0) is 86.4 Å². The summed E-state index contributed by atoms with van der Waals surface area (Å²) < 4.78 is 5.65. The molecule has 0 saturated carbocycles. The molecule has 10 nitrogen and oxygen atoms in total. The van der Waals surface area contributed by atoms with E-state index in [2.05, 4.69) is 85.6 Å². The third-order valence-electron chi connectivity index (χ3n) is 9.66. The third kappa shape index (κ3) is 8.35. The molecule has 0 spiro atoms. The van der Waals surface area contributed by atoms with E-state index in [0.29, 0.717) is 23.3 Å². The van der Waals surface area contributed by atoms with Gasteiger partial charge in [-0.25, -0.2) is 4.79 Å². The van der Waals surface area contributed by atoms with Crippen molar-refractivity contribution in [2.24, 2.45) is 17.0 Å². The molecule has 1 heterocycles. The van der Waals surface area contributed by atoms with Crippen LogP contribution in [0.4, 0.5) is 21.9 Å². The summed E-state index contributed by atoms with van der Waals surface area (Å²) in [4.78, 5) is 28.4. The second kappa shape index (κ2) is 17.2. The second-order valence-electron chi connectivity index (χ2n) is 14.8. The number of nitrogens with one attached hydrogen (secondary N) is 1. The van der Waals surface area contributed by atoms with Crippen LogP contribution in [-0.4, -0.2) is 39.4 Å². The molecule has 1 aromatic heterocycles. The van der Waals surface area contributed by atoms with Crippen LogP contribution in [-0.2, 0) is 5.54 Å². The van der Waals surface area contributed by atoms with Crippen molar-refractivity contribution in [3.05, 3.63) is 179 Å². The Balaban J connectivity index is 1.33. The molecule has 0 saturated heterocycles. The Morgan fingerprint density at radius 1 is 0.702 bits per heavy atom. The highest BCUT2D eigenvalue weighted by molar-refractivity contribution is 5.94. The standard InChI is InChI=1S/C47H45N7O3/c1-33(2)31-53(32-34(3)4)44-29-24-35(30-43(44)48-46(55)57-40-27-25-39(51-56)26-28-40)41-22-14-15-23-42(41)45-49-52-54(50-45)47(36-16-8-5-9-17-36,37-18-10-6-11-19-37)38-20-12-7-13-21-38/h5-30,33-34H,31-32H2,1-4H3,(H,48,55). The molecule has 7 rings (SSSR count). The SMILES string of the molecule is CC(C)CN(CC(C)C)c1ccc(-c2ccccc2-c2nnn(C(c3ccccc3)(c3ccccc3)c3ccccc3)n2)cc1NC(=O)Oc1ccc(N=O)cc1. The van der Waals surface area contributed by atoms with Crippen molar-refractivity contribution in [2.45, 2.75) is 33.2 Å². The Morgan fingerprint density at radius 2 is 1.23 bits per heavy atom. The lowest BCUT2D eigenvalue weighted by molar-refractivity contribution is 0.215. The van der Waals surface area contributed by atoms with Gasteiger partial charge >= 0.3 is 6.09 Å². The average Bonchev–Trinajstić information content (AvgIpc) is 3.72. The molecule has 10 heteroatoms. The van der Waals surface area contributed by atoms with E-state index < -0.39 is 11.6 Å². The number of tetrazole rings is 1.